The molecule has 1 heterocycles. The Balaban J connectivity index is 2.43. The van der Waals surface area contributed by atoms with Crippen molar-refractivity contribution in [1.29, 1.82) is 0 Å². The van der Waals surface area contributed by atoms with E-state index in [0.29, 0.717) is 14.9 Å². The summed E-state index contributed by atoms with van der Waals surface area (Å²) in [6.45, 7) is 1.77. The fraction of sp³-hybridized carbons (Fsp3) is 0.154. The van der Waals surface area contributed by atoms with Crippen molar-refractivity contribution in [2.75, 3.05) is 0 Å². The summed E-state index contributed by atoms with van der Waals surface area (Å²) in [6, 6.07) is 8.56. The Bertz CT molecular complexity index is 716. The minimum atomic E-state index is -3.43. The number of rotatable bonds is 3. The van der Waals surface area contributed by atoms with Crippen LogP contribution >= 0.6 is 27.5 Å². The van der Waals surface area contributed by atoms with Gasteiger partial charge in [0.15, 0.2) is 9.84 Å². The van der Waals surface area contributed by atoms with Gasteiger partial charge < -0.3 is 0 Å². The molecular formula is C13H11BrClNO2S. The Morgan fingerprint density at radius 2 is 2.00 bits per heavy atom. The van der Waals surface area contributed by atoms with Gasteiger partial charge in [-0.25, -0.2) is 13.4 Å². The second-order valence-electron chi connectivity index (χ2n) is 4.13. The topological polar surface area (TPSA) is 47.0 Å². The molecule has 0 spiro atoms. The Kier molecular flexibility index (Phi) is 4.28. The lowest BCUT2D eigenvalue weighted by molar-refractivity contribution is 0.594. The molecule has 0 aliphatic rings. The molecule has 3 nitrogen and oxygen atoms in total. The van der Waals surface area contributed by atoms with Crippen LogP contribution in [-0.2, 0) is 15.6 Å². The van der Waals surface area contributed by atoms with Gasteiger partial charge in [-0.1, -0.05) is 29.8 Å². The minimum absolute atomic E-state index is 0.164. The number of hydrogen-bond donors (Lipinski definition) is 0. The lowest BCUT2D eigenvalue weighted by Gasteiger charge is -2.08. The summed E-state index contributed by atoms with van der Waals surface area (Å²) in [4.78, 5) is 4.26. The van der Waals surface area contributed by atoms with Gasteiger partial charge in [0.25, 0.3) is 0 Å². The van der Waals surface area contributed by atoms with Crippen LogP contribution in [0, 0.1) is 6.92 Å². The van der Waals surface area contributed by atoms with Crippen LogP contribution in [0.25, 0.3) is 0 Å². The lowest BCUT2D eigenvalue weighted by atomic mass is 10.2. The van der Waals surface area contributed by atoms with Crippen LogP contribution in [0.1, 0.15) is 11.1 Å². The summed E-state index contributed by atoms with van der Waals surface area (Å²) in [5.74, 6) is -0.164. The maximum Gasteiger partial charge on any atom is 0.182 e. The first-order valence-corrected chi connectivity index (χ1v) is 8.31. The SMILES string of the molecule is Cc1ccccc1S(=O)(=O)Cc1cc(Br)cnc1Cl. The Morgan fingerprint density at radius 1 is 1.32 bits per heavy atom. The standard InChI is InChI=1S/C13H11BrClNO2S/c1-9-4-2-3-5-12(9)19(17,18)8-10-6-11(14)7-16-13(10)15/h2-7H,8H2,1H3. The number of nitrogens with zero attached hydrogens (tertiary/aromatic N) is 1. The van der Waals surface area contributed by atoms with E-state index in [4.69, 9.17) is 11.6 Å². The first-order chi connectivity index (χ1) is 8.90. The molecule has 2 rings (SSSR count). The molecule has 0 bridgehead atoms. The van der Waals surface area contributed by atoms with E-state index in [1.807, 2.05) is 6.07 Å². The maximum absolute atomic E-state index is 12.4. The fourth-order valence-electron chi connectivity index (χ4n) is 1.75. The number of sulfone groups is 1. The van der Waals surface area contributed by atoms with E-state index in [-0.39, 0.29) is 10.9 Å². The molecule has 0 unspecified atom stereocenters. The molecule has 0 saturated heterocycles. The minimum Gasteiger partial charge on any atom is -0.243 e. The predicted molar refractivity (Wildman–Crippen MR) is 79.0 cm³/mol. The summed E-state index contributed by atoms with van der Waals surface area (Å²) in [5.41, 5.74) is 1.21. The van der Waals surface area contributed by atoms with Crippen LogP contribution in [0.5, 0.6) is 0 Å². The van der Waals surface area contributed by atoms with Gasteiger partial charge in [-0.2, -0.15) is 0 Å². The highest BCUT2D eigenvalue weighted by molar-refractivity contribution is 9.10. The van der Waals surface area contributed by atoms with Crippen molar-refractivity contribution in [3.8, 4) is 0 Å². The van der Waals surface area contributed by atoms with Crippen molar-refractivity contribution < 1.29 is 8.42 Å². The van der Waals surface area contributed by atoms with E-state index in [9.17, 15) is 8.42 Å². The summed E-state index contributed by atoms with van der Waals surface area (Å²) in [7, 11) is -3.43. The van der Waals surface area contributed by atoms with E-state index in [1.165, 1.54) is 6.20 Å². The van der Waals surface area contributed by atoms with Gasteiger partial charge in [0.05, 0.1) is 10.6 Å². The van der Waals surface area contributed by atoms with Crippen LogP contribution in [0.3, 0.4) is 0 Å². The number of aromatic nitrogens is 1. The molecule has 0 aliphatic carbocycles. The van der Waals surface area contributed by atoms with Crippen molar-refractivity contribution in [2.45, 2.75) is 17.6 Å². The molecular weight excluding hydrogens is 350 g/mol. The smallest absolute Gasteiger partial charge is 0.182 e. The van der Waals surface area contributed by atoms with Crippen LogP contribution in [0.2, 0.25) is 5.15 Å². The van der Waals surface area contributed by atoms with Gasteiger partial charge in [-0.05, 0) is 40.5 Å². The molecule has 1 aromatic heterocycles. The van der Waals surface area contributed by atoms with Crippen LogP contribution in [0.4, 0.5) is 0 Å². The van der Waals surface area contributed by atoms with Crippen LogP contribution < -0.4 is 0 Å². The molecule has 1 aromatic carbocycles. The monoisotopic (exact) mass is 359 g/mol. The summed E-state index contributed by atoms with van der Waals surface area (Å²) >= 11 is 9.19. The van der Waals surface area contributed by atoms with E-state index < -0.39 is 9.84 Å². The first-order valence-electron chi connectivity index (χ1n) is 5.48. The lowest BCUT2D eigenvalue weighted by Crippen LogP contribution is -2.07. The van der Waals surface area contributed by atoms with Crippen molar-refractivity contribution in [3.63, 3.8) is 0 Å². The largest absolute Gasteiger partial charge is 0.243 e. The first kappa shape index (κ1) is 14.5. The third kappa shape index (κ3) is 3.35. The van der Waals surface area contributed by atoms with Crippen molar-refractivity contribution >= 4 is 37.4 Å². The molecule has 0 atom stereocenters. The third-order valence-electron chi connectivity index (χ3n) is 2.65. The predicted octanol–water partition coefficient (Wildman–Crippen LogP) is 3.78. The van der Waals surface area contributed by atoms with E-state index in [2.05, 4.69) is 20.9 Å². The van der Waals surface area contributed by atoms with Crippen LogP contribution in [-0.4, -0.2) is 13.4 Å². The summed E-state index contributed by atoms with van der Waals surface area (Å²) in [6.07, 6.45) is 1.53. The average molecular weight is 361 g/mol. The maximum atomic E-state index is 12.4. The normalized spacial score (nSPS) is 11.5. The van der Waals surface area contributed by atoms with Gasteiger partial charge in [0.1, 0.15) is 5.15 Å². The molecule has 6 heteroatoms. The molecule has 0 radical (unpaired) electrons. The van der Waals surface area contributed by atoms with Gasteiger partial charge in [-0.15, -0.1) is 0 Å². The van der Waals surface area contributed by atoms with Crippen molar-refractivity contribution in [1.82, 2.24) is 4.98 Å². The second-order valence-corrected chi connectivity index (χ2v) is 7.36. The van der Waals surface area contributed by atoms with E-state index in [0.717, 1.165) is 5.56 Å². The molecule has 2 aromatic rings. The van der Waals surface area contributed by atoms with Crippen LogP contribution in [0.15, 0.2) is 45.9 Å². The van der Waals surface area contributed by atoms with Crippen molar-refractivity contribution in [3.05, 3.63) is 57.3 Å². The summed E-state index contributed by atoms with van der Waals surface area (Å²) in [5, 5.41) is 0.209. The third-order valence-corrected chi connectivity index (χ3v) is 5.25. The Morgan fingerprint density at radius 3 is 2.68 bits per heavy atom. The fourth-order valence-corrected chi connectivity index (χ4v) is 4.01. The van der Waals surface area contributed by atoms with Gasteiger partial charge in [0, 0.05) is 16.2 Å². The quantitative estimate of drug-likeness (QED) is 0.783. The number of benzene rings is 1. The van der Waals surface area contributed by atoms with Gasteiger partial charge in [-0.3, -0.25) is 0 Å². The zero-order valence-corrected chi connectivity index (χ0v) is 13.3. The summed E-state index contributed by atoms with van der Waals surface area (Å²) < 4.78 is 25.5. The molecule has 100 valence electrons. The molecule has 0 aliphatic heterocycles. The zero-order valence-electron chi connectivity index (χ0n) is 10.1. The molecule has 19 heavy (non-hydrogen) atoms. The number of aryl methyl sites for hydroxylation is 1. The Hall–Kier alpha value is -0.910. The molecule has 0 N–H and O–H groups in total. The average Bonchev–Trinajstić information content (AvgIpc) is 2.34. The number of halogens is 2. The highest BCUT2D eigenvalue weighted by Gasteiger charge is 2.19. The van der Waals surface area contributed by atoms with Gasteiger partial charge >= 0.3 is 0 Å². The van der Waals surface area contributed by atoms with E-state index in [1.54, 1.807) is 31.2 Å². The second kappa shape index (κ2) is 5.61. The molecule has 0 amide bonds. The van der Waals surface area contributed by atoms with Crippen molar-refractivity contribution in [2.24, 2.45) is 0 Å². The number of pyridine rings is 1. The zero-order chi connectivity index (χ0) is 14.0. The highest BCUT2D eigenvalue weighted by Crippen LogP contribution is 2.24. The number of hydrogen-bond acceptors (Lipinski definition) is 3. The Labute approximate surface area is 125 Å². The highest BCUT2D eigenvalue weighted by atomic mass is 79.9. The van der Waals surface area contributed by atoms with E-state index >= 15 is 0 Å². The van der Waals surface area contributed by atoms with Gasteiger partial charge in [0.2, 0.25) is 0 Å². The molecule has 0 fully saturated rings. The molecule has 0 saturated carbocycles.